The van der Waals surface area contributed by atoms with Gasteiger partial charge in [-0.25, -0.2) is 4.98 Å². The number of nitrogens with one attached hydrogen (secondary N) is 1. The Balaban J connectivity index is 1.40. The van der Waals surface area contributed by atoms with Gasteiger partial charge in [0.25, 0.3) is 0 Å². The zero-order valence-corrected chi connectivity index (χ0v) is 18.9. The first-order chi connectivity index (χ1) is 16.5. The number of aliphatic hydroxyl groups is 1. The molecule has 0 aliphatic heterocycles. The summed E-state index contributed by atoms with van der Waals surface area (Å²) >= 11 is 5.96. The molecule has 0 fully saturated rings. The SMILES string of the molecule is N#Cc1ccc(Cn2cncc2C(O)c2ccc(NC(=O)C=Cc3cccc(Cl)c3)cc2)cc1. The highest BCUT2D eigenvalue weighted by Crippen LogP contribution is 2.24. The Morgan fingerprint density at radius 2 is 1.91 bits per heavy atom. The second kappa shape index (κ2) is 10.6. The van der Waals surface area contributed by atoms with E-state index in [4.69, 9.17) is 16.9 Å². The Morgan fingerprint density at radius 3 is 2.62 bits per heavy atom. The van der Waals surface area contributed by atoms with Gasteiger partial charge in [-0.05, 0) is 59.2 Å². The molecule has 0 aliphatic rings. The minimum absolute atomic E-state index is 0.270. The van der Waals surface area contributed by atoms with Crippen LogP contribution in [0.2, 0.25) is 5.02 Å². The number of hydrogen-bond acceptors (Lipinski definition) is 4. The van der Waals surface area contributed by atoms with Gasteiger partial charge in [0.2, 0.25) is 5.91 Å². The van der Waals surface area contributed by atoms with Gasteiger partial charge in [-0.15, -0.1) is 0 Å². The molecule has 7 heteroatoms. The van der Waals surface area contributed by atoms with E-state index in [2.05, 4.69) is 16.4 Å². The Labute approximate surface area is 202 Å². The molecule has 34 heavy (non-hydrogen) atoms. The summed E-state index contributed by atoms with van der Waals surface area (Å²) in [6.45, 7) is 0.519. The maximum Gasteiger partial charge on any atom is 0.248 e. The Kier molecular flexibility index (Phi) is 7.19. The third-order valence-corrected chi connectivity index (χ3v) is 5.47. The van der Waals surface area contributed by atoms with E-state index in [0.29, 0.717) is 34.1 Å². The van der Waals surface area contributed by atoms with Gasteiger partial charge < -0.3 is 15.0 Å². The smallest absolute Gasteiger partial charge is 0.248 e. The Morgan fingerprint density at radius 1 is 1.15 bits per heavy atom. The van der Waals surface area contributed by atoms with Crippen LogP contribution in [0.1, 0.15) is 34.1 Å². The van der Waals surface area contributed by atoms with E-state index in [1.54, 1.807) is 67.1 Å². The molecule has 1 unspecified atom stereocenters. The van der Waals surface area contributed by atoms with Gasteiger partial charge in [0, 0.05) is 23.3 Å². The van der Waals surface area contributed by atoms with Crippen molar-refractivity contribution in [2.24, 2.45) is 0 Å². The summed E-state index contributed by atoms with van der Waals surface area (Å²) in [6, 6.07) is 23.6. The summed E-state index contributed by atoms with van der Waals surface area (Å²) < 4.78 is 1.86. The van der Waals surface area contributed by atoms with Gasteiger partial charge >= 0.3 is 0 Å². The predicted octanol–water partition coefficient (Wildman–Crippen LogP) is 5.19. The minimum Gasteiger partial charge on any atom is -0.382 e. The van der Waals surface area contributed by atoms with Gasteiger partial charge in [0.15, 0.2) is 0 Å². The third kappa shape index (κ3) is 5.78. The summed E-state index contributed by atoms with van der Waals surface area (Å²) in [5.74, 6) is -0.270. The molecule has 1 aromatic heterocycles. The highest BCUT2D eigenvalue weighted by Gasteiger charge is 2.16. The lowest BCUT2D eigenvalue weighted by Gasteiger charge is -2.15. The number of hydrogen-bond donors (Lipinski definition) is 2. The number of aliphatic hydroxyl groups excluding tert-OH is 1. The topological polar surface area (TPSA) is 90.9 Å². The van der Waals surface area contributed by atoms with E-state index in [1.807, 2.05) is 28.8 Å². The molecule has 3 aromatic carbocycles. The van der Waals surface area contributed by atoms with Crippen molar-refractivity contribution in [2.75, 3.05) is 5.32 Å². The van der Waals surface area contributed by atoms with E-state index in [-0.39, 0.29) is 5.91 Å². The molecule has 4 aromatic rings. The van der Waals surface area contributed by atoms with Crippen LogP contribution < -0.4 is 5.32 Å². The molecular weight excluding hydrogens is 448 g/mol. The van der Waals surface area contributed by atoms with Crippen LogP contribution in [0.25, 0.3) is 6.08 Å². The first-order valence-corrected chi connectivity index (χ1v) is 10.9. The molecular formula is C27H21ClN4O2. The third-order valence-electron chi connectivity index (χ3n) is 5.23. The number of aromatic nitrogens is 2. The predicted molar refractivity (Wildman–Crippen MR) is 132 cm³/mol. The molecule has 0 saturated heterocycles. The lowest BCUT2D eigenvalue weighted by molar-refractivity contribution is -0.111. The second-order valence-electron chi connectivity index (χ2n) is 7.66. The van der Waals surface area contributed by atoms with Gasteiger partial charge in [0.05, 0.1) is 29.9 Å². The van der Waals surface area contributed by atoms with Crippen molar-refractivity contribution in [1.29, 1.82) is 5.26 Å². The van der Waals surface area contributed by atoms with Gasteiger partial charge in [-0.1, -0.05) is 48.0 Å². The number of carbonyl (C=O) groups excluding carboxylic acids is 1. The highest BCUT2D eigenvalue weighted by molar-refractivity contribution is 6.30. The standard InChI is InChI=1S/C27H21ClN4O2/c28-23-3-1-2-19(14-23)8-13-26(33)31-24-11-9-22(10-12-24)27(34)25-16-30-18-32(25)17-21-6-4-20(15-29)5-7-21/h1-14,16,18,27,34H,17H2,(H,31,33). The molecule has 0 spiro atoms. The number of rotatable bonds is 7. The maximum absolute atomic E-state index is 12.2. The summed E-state index contributed by atoms with van der Waals surface area (Å²) in [7, 11) is 0. The Bertz CT molecular complexity index is 1350. The van der Waals surface area contributed by atoms with E-state index < -0.39 is 6.10 Å². The fourth-order valence-electron chi connectivity index (χ4n) is 3.46. The molecule has 1 heterocycles. The van der Waals surface area contributed by atoms with Crippen LogP contribution in [0, 0.1) is 11.3 Å². The number of benzene rings is 3. The lowest BCUT2D eigenvalue weighted by Crippen LogP contribution is -2.10. The van der Waals surface area contributed by atoms with E-state index in [9.17, 15) is 9.90 Å². The van der Waals surface area contributed by atoms with E-state index >= 15 is 0 Å². The van der Waals surface area contributed by atoms with Gasteiger partial charge in [0.1, 0.15) is 6.10 Å². The number of nitriles is 1. The van der Waals surface area contributed by atoms with E-state index in [1.165, 1.54) is 6.08 Å². The van der Waals surface area contributed by atoms with Crippen molar-refractivity contribution in [1.82, 2.24) is 9.55 Å². The zero-order valence-electron chi connectivity index (χ0n) is 18.1. The van der Waals surface area contributed by atoms with Crippen molar-refractivity contribution < 1.29 is 9.90 Å². The molecule has 0 saturated carbocycles. The summed E-state index contributed by atoms with van der Waals surface area (Å²) in [6.07, 6.45) is 5.54. The number of nitrogens with zero attached hydrogens (tertiary/aromatic N) is 3. The fraction of sp³-hybridized carbons (Fsp3) is 0.0741. The van der Waals surface area contributed by atoms with Crippen molar-refractivity contribution in [3.05, 3.63) is 124 Å². The molecule has 0 aliphatic carbocycles. The van der Waals surface area contributed by atoms with Crippen molar-refractivity contribution in [3.8, 4) is 6.07 Å². The lowest BCUT2D eigenvalue weighted by atomic mass is 10.1. The van der Waals surface area contributed by atoms with Crippen LogP contribution in [0.4, 0.5) is 5.69 Å². The number of anilines is 1. The Hall–Kier alpha value is -4.18. The second-order valence-corrected chi connectivity index (χ2v) is 8.09. The van der Waals surface area contributed by atoms with Gasteiger partial charge in [-0.3, -0.25) is 4.79 Å². The van der Waals surface area contributed by atoms with Crippen LogP contribution in [0.5, 0.6) is 0 Å². The van der Waals surface area contributed by atoms with Gasteiger partial charge in [-0.2, -0.15) is 5.26 Å². The molecule has 2 N–H and O–H groups in total. The first-order valence-electron chi connectivity index (χ1n) is 10.5. The molecule has 1 amide bonds. The normalized spacial score (nSPS) is 11.8. The number of imidazole rings is 1. The molecule has 168 valence electrons. The molecule has 6 nitrogen and oxygen atoms in total. The average molecular weight is 469 g/mol. The molecule has 0 bridgehead atoms. The maximum atomic E-state index is 12.2. The van der Waals surface area contributed by atoms with Crippen molar-refractivity contribution in [2.45, 2.75) is 12.6 Å². The zero-order chi connectivity index (χ0) is 23.9. The minimum atomic E-state index is -0.881. The molecule has 4 rings (SSSR count). The van der Waals surface area contributed by atoms with Crippen LogP contribution >= 0.6 is 11.6 Å². The van der Waals surface area contributed by atoms with Crippen LogP contribution in [0.3, 0.4) is 0 Å². The van der Waals surface area contributed by atoms with Crippen LogP contribution in [-0.4, -0.2) is 20.6 Å². The number of carbonyl (C=O) groups is 1. The van der Waals surface area contributed by atoms with E-state index in [0.717, 1.165) is 11.1 Å². The first kappa shape index (κ1) is 23.0. The summed E-state index contributed by atoms with van der Waals surface area (Å²) in [4.78, 5) is 16.4. The molecule has 1 atom stereocenters. The van der Waals surface area contributed by atoms with Crippen molar-refractivity contribution >= 4 is 29.3 Å². The summed E-state index contributed by atoms with van der Waals surface area (Å²) in [5, 5.41) is 23.3. The van der Waals surface area contributed by atoms with Crippen LogP contribution in [0.15, 0.2) is 91.4 Å². The average Bonchev–Trinajstić information content (AvgIpc) is 3.31. The monoisotopic (exact) mass is 468 g/mol. The van der Waals surface area contributed by atoms with Crippen LogP contribution in [-0.2, 0) is 11.3 Å². The quantitative estimate of drug-likeness (QED) is 0.365. The number of amides is 1. The van der Waals surface area contributed by atoms with Crippen molar-refractivity contribution in [3.63, 3.8) is 0 Å². The summed E-state index contributed by atoms with van der Waals surface area (Å²) in [5.41, 5.74) is 4.36. The molecule has 0 radical (unpaired) electrons. The fourth-order valence-corrected chi connectivity index (χ4v) is 3.66. The highest BCUT2D eigenvalue weighted by atomic mass is 35.5. The number of halogens is 1. The largest absolute Gasteiger partial charge is 0.382 e.